The molecule has 1 fully saturated rings. The molecule has 2 atom stereocenters. The normalized spacial score (nSPS) is 17.6. The second-order valence-corrected chi connectivity index (χ2v) is 6.73. The Morgan fingerprint density at radius 3 is 2.37 bits per heavy atom. The number of carbonyl (C=O) groups excluding carboxylic acids is 2. The van der Waals surface area contributed by atoms with E-state index in [9.17, 15) is 9.59 Å². The van der Waals surface area contributed by atoms with E-state index >= 15 is 0 Å². The fourth-order valence-corrected chi connectivity index (χ4v) is 3.22. The minimum Gasteiger partial charge on any atom is -0.447 e. The van der Waals surface area contributed by atoms with Gasteiger partial charge in [0.2, 0.25) is 5.91 Å². The first-order valence-corrected chi connectivity index (χ1v) is 9.34. The van der Waals surface area contributed by atoms with Crippen LogP contribution in [0.2, 0.25) is 0 Å². The maximum Gasteiger partial charge on any atom is 0.416 e. The molecule has 0 saturated carbocycles. The molecule has 3 rings (SSSR count). The average molecular weight is 367 g/mol. The Kier molecular flexibility index (Phi) is 6.60. The molecule has 0 unspecified atom stereocenters. The summed E-state index contributed by atoms with van der Waals surface area (Å²) in [7, 11) is 0. The van der Waals surface area contributed by atoms with Crippen LogP contribution in [0.15, 0.2) is 60.7 Å². The number of nitrogens with zero attached hydrogens (tertiary/aromatic N) is 1. The second-order valence-electron chi connectivity index (χ2n) is 6.73. The van der Waals surface area contributed by atoms with Crippen molar-refractivity contribution in [2.45, 2.75) is 32.4 Å². The number of hydrogen-bond acceptors (Lipinski definition) is 4. The molecule has 0 radical (unpaired) electrons. The van der Waals surface area contributed by atoms with E-state index in [0.29, 0.717) is 19.4 Å². The number of benzene rings is 2. The highest BCUT2D eigenvalue weighted by Crippen LogP contribution is 2.21. The number of ether oxygens (including phenoxy) is 2. The number of hydrogen-bond donors (Lipinski definition) is 0. The van der Waals surface area contributed by atoms with Crippen LogP contribution in [-0.4, -0.2) is 36.2 Å². The van der Waals surface area contributed by atoms with Crippen LogP contribution in [0.3, 0.4) is 0 Å². The summed E-state index contributed by atoms with van der Waals surface area (Å²) in [6.07, 6.45) is 0.650. The third kappa shape index (κ3) is 4.95. The highest BCUT2D eigenvalue weighted by Gasteiger charge is 2.40. The Bertz CT molecular complexity index is 747. The molecule has 1 saturated heterocycles. The fourth-order valence-electron chi connectivity index (χ4n) is 3.22. The van der Waals surface area contributed by atoms with Gasteiger partial charge in [0.25, 0.3) is 0 Å². The van der Waals surface area contributed by atoms with E-state index in [1.54, 1.807) is 0 Å². The number of imide groups is 1. The average Bonchev–Trinajstić information content (AvgIpc) is 3.06. The molecular formula is C22H25NO4. The van der Waals surface area contributed by atoms with Crippen LogP contribution >= 0.6 is 0 Å². The van der Waals surface area contributed by atoms with Crippen LogP contribution in [0.4, 0.5) is 4.79 Å². The van der Waals surface area contributed by atoms with Crippen molar-refractivity contribution in [2.75, 3.05) is 13.2 Å². The summed E-state index contributed by atoms with van der Waals surface area (Å²) >= 11 is 0. The van der Waals surface area contributed by atoms with Gasteiger partial charge in [-0.15, -0.1) is 0 Å². The Balaban J connectivity index is 1.60. The van der Waals surface area contributed by atoms with Gasteiger partial charge in [0.15, 0.2) is 0 Å². The zero-order valence-corrected chi connectivity index (χ0v) is 15.5. The predicted octanol–water partition coefficient (Wildman–Crippen LogP) is 3.82. The van der Waals surface area contributed by atoms with E-state index < -0.39 is 6.09 Å². The summed E-state index contributed by atoms with van der Waals surface area (Å²) in [6.45, 7) is 2.90. The first-order valence-electron chi connectivity index (χ1n) is 9.34. The van der Waals surface area contributed by atoms with Crippen molar-refractivity contribution in [2.24, 2.45) is 5.92 Å². The molecule has 0 spiro atoms. The third-order valence-electron chi connectivity index (χ3n) is 4.79. The molecule has 27 heavy (non-hydrogen) atoms. The van der Waals surface area contributed by atoms with Crippen LogP contribution in [0.5, 0.6) is 0 Å². The van der Waals surface area contributed by atoms with Crippen LogP contribution in [0.1, 0.15) is 24.5 Å². The van der Waals surface area contributed by atoms with Crippen molar-refractivity contribution in [3.05, 3.63) is 71.8 Å². The van der Waals surface area contributed by atoms with Gasteiger partial charge in [0.1, 0.15) is 6.61 Å². The maximum atomic E-state index is 13.0. The molecule has 2 amide bonds. The van der Waals surface area contributed by atoms with Gasteiger partial charge in [0, 0.05) is 0 Å². The lowest BCUT2D eigenvalue weighted by Gasteiger charge is -2.24. The van der Waals surface area contributed by atoms with Gasteiger partial charge >= 0.3 is 6.09 Å². The number of carbonyl (C=O) groups is 2. The summed E-state index contributed by atoms with van der Waals surface area (Å²) in [5, 5.41) is 0. The topological polar surface area (TPSA) is 55.8 Å². The Morgan fingerprint density at radius 2 is 1.74 bits per heavy atom. The highest BCUT2D eigenvalue weighted by molar-refractivity contribution is 5.94. The van der Waals surface area contributed by atoms with Crippen LogP contribution < -0.4 is 0 Å². The lowest BCUT2D eigenvalue weighted by atomic mass is 10.0. The summed E-state index contributed by atoms with van der Waals surface area (Å²) in [4.78, 5) is 26.4. The van der Waals surface area contributed by atoms with Crippen LogP contribution in [-0.2, 0) is 27.3 Å². The zero-order chi connectivity index (χ0) is 19.1. The summed E-state index contributed by atoms with van der Waals surface area (Å²) in [6, 6.07) is 19.4. The number of amides is 2. The first-order chi connectivity index (χ1) is 13.2. The van der Waals surface area contributed by atoms with Crippen molar-refractivity contribution >= 4 is 12.0 Å². The van der Waals surface area contributed by atoms with E-state index in [-0.39, 0.29) is 31.1 Å². The lowest BCUT2D eigenvalue weighted by molar-refractivity contribution is -0.135. The summed E-state index contributed by atoms with van der Waals surface area (Å²) in [5.41, 5.74) is 2.13. The standard InChI is InChI=1S/C22H25NO4/c1-2-19(15-26-14-18-11-7-4-8-12-18)21(24)23-20(16-27-22(23)25)13-17-9-5-3-6-10-17/h3-12,19-20H,2,13-16H2,1H3/t19-,20-/m1/s1. The molecule has 1 aliphatic heterocycles. The number of rotatable bonds is 8. The Morgan fingerprint density at radius 1 is 1.11 bits per heavy atom. The number of cyclic esters (lactones) is 1. The monoisotopic (exact) mass is 367 g/mol. The smallest absolute Gasteiger partial charge is 0.416 e. The van der Waals surface area contributed by atoms with Gasteiger partial charge in [-0.3, -0.25) is 4.79 Å². The molecule has 1 heterocycles. The summed E-state index contributed by atoms with van der Waals surface area (Å²) < 4.78 is 10.9. The van der Waals surface area contributed by atoms with Gasteiger partial charge in [-0.1, -0.05) is 67.6 Å². The van der Waals surface area contributed by atoms with Gasteiger partial charge in [0.05, 0.1) is 25.2 Å². The van der Waals surface area contributed by atoms with E-state index in [2.05, 4.69) is 0 Å². The van der Waals surface area contributed by atoms with Gasteiger partial charge in [-0.05, 0) is 24.0 Å². The molecule has 5 heteroatoms. The molecule has 0 aromatic heterocycles. The SMILES string of the molecule is CC[C@H](COCc1ccccc1)C(=O)N1C(=O)OC[C@H]1Cc1ccccc1. The van der Waals surface area contributed by atoms with Crippen LogP contribution in [0, 0.1) is 5.92 Å². The molecule has 0 bridgehead atoms. The molecule has 2 aromatic carbocycles. The molecule has 1 aliphatic rings. The Hall–Kier alpha value is -2.66. The zero-order valence-electron chi connectivity index (χ0n) is 15.5. The van der Waals surface area contributed by atoms with Crippen LogP contribution in [0.25, 0.3) is 0 Å². The third-order valence-corrected chi connectivity index (χ3v) is 4.79. The summed E-state index contributed by atoms with van der Waals surface area (Å²) in [5.74, 6) is -0.577. The van der Waals surface area contributed by atoms with Crippen molar-refractivity contribution in [1.82, 2.24) is 4.90 Å². The highest BCUT2D eigenvalue weighted by atomic mass is 16.6. The van der Waals surface area contributed by atoms with Gasteiger partial charge in [-0.25, -0.2) is 9.69 Å². The van der Waals surface area contributed by atoms with E-state index in [4.69, 9.17) is 9.47 Å². The van der Waals surface area contributed by atoms with Gasteiger partial charge in [-0.2, -0.15) is 0 Å². The lowest BCUT2D eigenvalue weighted by Crippen LogP contribution is -2.44. The van der Waals surface area contributed by atoms with Crippen molar-refractivity contribution in [3.8, 4) is 0 Å². The van der Waals surface area contributed by atoms with E-state index in [1.807, 2.05) is 67.6 Å². The molecule has 0 aliphatic carbocycles. The predicted molar refractivity (Wildman–Crippen MR) is 102 cm³/mol. The largest absolute Gasteiger partial charge is 0.447 e. The molecule has 0 N–H and O–H groups in total. The second kappa shape index (κ2) is 9.33. The minimum absolute atomic E-state index is 0.214. The van der Waals surface area contributed by atoms with Crippen molar-refractivity contribution in [1.29, 1.82) is 0 Å². The quantitative estimate of drug-likeness (QED) is 0.712. The fraction of sp³-hybridized carbons (Fsp3) is 0.364. The van der Waals surface area contributed by atoms with E-state index in [1.165, 1.54) is 4.90 Å². The molecule has 142 valence electrons. The Labute approximate surface area is 159 Å². The molecule has 2 aromatic rings. The van der Waals surface area contributed by atoms with Crippen molar-refractivity contribution < 1.29 is 19.1 Å². The first kappa shape index (κ1) is 19.1. The molecule has 5 nitrogen and oxygen atoms in total. The van der Waals surface area contributed by atoms with Crippen molar-refractivity contribution in [3.63, 3.8) is 0 Å². The van der Waals surface area contributed by atoms with Gasteiger partial charge < -0.3 is 9.47 Å². The molecular weight excluding hydrogens is 342 g/mol. The maximum absolute atomic E-state index is 13.0. The minimum atomic E-state index is -0.553. The van der Waals surface area contributed by atoms with E-state index in [0.717, 1.165) is 11.1 Å².